The molecule has 0 unspecified atom stereocenters. The van der Waals surface area contributed by atoms with Gasteiger partial charge in [0.2, 0.25) is 0 Å². The van der Waals surface area contributed by atoms with Crippen molar-refractivity contribution in [3.8, 4) is 0 Å². The Morgan fingerprint density at radius 2 is 1.69 bits per heavy atom. The first kappa shape index (κ1) is 22.7. The zero-order chi connectivity index (χ0) is 19.9. The van der Waals surface area contributed by atoms with Crippen molar-refractivity contribution in [3.63, 3.8) is 0 Å². The summed E-state index contributed by atoms with van der Waals surface area (Å²) in [5.74, 6) is -0.802. The van der Waals surface area contributed by atoms with Gasteiger partial charge < -0.3 is 4.74 Å². The molecule has 0 saturated carbocycles. The molecule has 0 bridgehead atoms. The maximum Gasteiger partial charge on any atom is 0.323 e. The molecule has 0 amide bonds. The molecule has 0 saturated heterocycles. The minimum Gasteiger partial charge on any atom is -0.465 e. The summed E-state index contributed by atoms with van der Waals surface area (Å²) < 4.78 is 5.09. The lowest BCUT2D eigenvalue weighted by molar-refractivity contribution is -0.149. The van der Waals surface area contributed by atoms with Crippen molar-refractivity contribution >= 4 is 22.8 Å². The molecule has 0 radical (unpaired) electrons. The highest BCUT2D eigenvalue weighted by molar-refractivity contribution is 8.14. The van der Waals surface area contributed by atoms with Gasteiger partial charge in [0, 0.05) is 10.8 Å². The molecule has 4 nitrogen and oxygen atoms in total. The summed E-state index contributed by atoms with van der Waals surface area (Å²) in [7, 11) is 0. The van der Waals surface area contributed by atoms with Gasteiger partial charge in [-0.25, -0.2) is 0 Å². The summed E-state index contributed by atoms with van der Waals surface area (Å²) >= 11 is 1.29. The zero-order valence-electron chi connectivity index (χ0n) is 17.0. The minimum atomic E-state index is -0.674. The topological polar surface area (TPSA) is 55.4 Å². The molecule has 0 aliphatic carbocycles. The number of benzene rings is 1. The van der Waals surface area contributed by atoms with Crippen molar-refractivity contribution in [3.05, 3.63) is 35.9 Å². The van der Waals surface area contributed by atoms with Gasteiger partial charge in [-0.3, -0.25) is 14.9 Å². The van der Waals surface area contributed by atoms with Crippen LogP contribution in [0.1, 0.15) is 60.1 Å². The Kier molecular flexibility index (Phi) is 8.84. The number of carbonyl (C=O) groups is 2. The molecule has 0 heterocycles. The van der Waals surface area contributed by atoms with Crippen molar-refractivity contribution in [2.45, 2.75) is 65.3 Å². The van der Waals surface area contributed by atoms with E-state index in [9.17, 15) is 9.59 Å². The Hall–Kier alpha value is -1.33. The fraction of sp³-hybridized carbons (Fsp3) is 0.619. The van der Waals surface area contributed by atoms with Crippen LogP contribution in [-0.4, -0.2) is 28.5 Å². The molecule has 1 aromatic carbocycles. The molecular weight excluding hydrogens is 346 g/mol. The first-order valence-corrected chi connectivity index (χ1v) is 10.1. The van der Waals surface area contributed by atoms with Gasteiger partial charge in [-0.05, 0) is 25.3 Å². The highest BCUT2D eigenvalue weighted by Gasteiger charge is 2.39. The van der Waals surface area contributed by atoms with Crippen LogP contribution in [0.2, 0.25) is 0 Å². The van der Waals surface area contributed by atoms with E-state index in [2.05, 4.69) is 5.32 Å². The molecule has 146 valence electrons. The van der Waals surface area contributed by atoms with Gasteiger partial charge in [-0.2, -0.15) is 0 Å². The number of thioether (sulfide) groups is 1. The molecule has 0 fully saturated rings. The maximum absolute atomic E-state index is 13.0. The van der Waals surface area contributed by atoms with E-state index in [1.807, 2.05) is 71.9 Å². The van der Waals surface area contributed by atoms with E-state index in [0.29, 0.717) is 6.61 Å². The number of esters is 1. The third-order valence-corrected chi connectivity index (χ3v) is 5.11. The molecule has 5 heteroatoms. The summed E-state index contributed by atoms with van der Waals surface area (Å²) in [6.07, 6.45) is 0. The lowest BCUT2D eigenvalue weighted by Gasteiger charge is -2.32. The second-order valence-corrected chi connectivity index (χ2v) is 9.66. The molecule has 0 spiro atoms. The van der Waals surface area contributed by atoms with E-state index < -0.39 is 12.0 Å². The van der Waals surface area contributed by atoms with Crippen LogP contribution in [0.15, 0.2) is 30.3 Å². The Morgan fingerprint density at radius 3 is 2.15 bits per heavy atom. The Bertz CT molecular complexity index is 581. The number of hydrogen-bond acceptors (Lipinski definition) is 5. The molecule has 1 N–H and O–H groups in total. The summed E-state index contributed by atoms with van der Waals surface area (Å²) in [5, 5.41) is 3.38. The van der Waals surface area contributed by atoms with Gasteiger partial charge in [0.05, 0.1) is 12.5 Å². The van der Waals surface area contributed by atoms with Crippen molar-refractivity contribution in [1.82, 2.24) is 5.32 Å². The average molecular weight is 380 g/mol. The minimum absolute atomic E-state index is 0.0160. The maximum atomic E-state index is 13.0. The smallest absolute Gasteiger partial charge is 0.323 e. The standard InChI is InChI=1S/C21H33NO3S/c1-8-25-19(23)18(22-15(4)16-12-10-9-11-13-16)17(14(2)3)20(24)26-21(5,6)7/h9-15,17-18,22H,8H2,1-7H3/t15-,17+,18+/m1/s1. The number of carbonyl (C=O) groups excluding carboxylic acids is 2. The van der Waals surface area contributed by atoms with Gasteiger partial charge in [-0.1, -0.05) is 76.7 Å². The van der Waals surface area contributed by atoms with Crippen molar-refractivity contribution in [2.24, 2.45) is 11.8 Å². The Morgan fingerprint density at radius 1 is 1.12 bits per heavy atom. The van der Waals surface area contributed by atoms with Gasteiger partial charge in [0.15, 0.2) is 5.12 Å². The molecule has 1 aromatic rings. The molecule has 0 aliphatic heterocycles. The van der Waals surface area contributed by atoms with E-state index in [0.717, 1.165) is 5.56 Å². The van der Waals surface area contributed by atoms with Gasteiger partial charge in [0.25, 0.3) is 0 Å². The third-order valence-electron chi connectivity index (χ3n) is 4.03. The van der Waals surface area contributed by atoms with Gasteiger partial charge >= 0.3 is 5.97 Å². The SMILES string of the molecule is CCOC(=O)[C@@H](N[C@H](C)c1ccccc1)[C@@H](C(=O)SC(C)(C)C)C(C)C. The van der Waals surface area contributed by atoms with E-state index in [1.54, 1.807) is 6.92 Å². The van der Waals surface area contributed by atoms with Crippen LogP contribution in [0.3, 0.4) is 0 Å². The monoisotopic (exact) mass is 379 g/mol. The Balaban J connectivity index is 3.11. The summed E-state index contributed by atoms with van der Waals surface area (Å²) in [4.78, 5) is 25.7. The Labute approximate surface area is 162 Å². The predicted octanol–water partition coefficient (Wildman–Crippen LogP) is 4.60. The van der Waals surface area contributed by atoms with Crippen molar-refractivity contribution in [2.75, 3.05) is 6.61 Å². The first-order valence-electron chi connectivity index (χ1n) is 9.27. The summed E-state index contributed by atoms with van der Waals surface area (Å²) in [6, 6.07) is 9.17. The van der Waals surface area contributed by atoms with Crippen LogP contribution in [0.25, 0.3) is 0 Å². The third kappa shape index (κ3) is 7.12. The van der Waals surface area contributed by atoms with Gasteiger partial charge in [-0.15, -0.1) is 0 Å². The van der Waals surface area contributed by atoms with E-state index >= 15 is 0 Å². The van der Waals surface area contributed by atoms with Crippen molar-refractivity contribution in [1.29, 1.82) is 0 Å². The number of hydrogen-bond donors (Lipinski definition) is 1. The molecule has 3 atom stereocenters. The molecule has 26 heavy (non-hydrogen) atoms. The first-order chi connectivity index (χ1) is 12.1. The molecule has 0 aromatic heterocycles. The van der Waals surface area contributed by atoms with Crippen molar-refractivity contribution < 1.29 is 14.3 Å². The zero-order valence-corrected chi connectivity index (χ0v) is 17.9. The number of rotatable bonds is 8. The second kappa shape index (κ2) is 10.1. The fourth-order valence-corrected chi connectivity index (χ4v) is 3.97. The normalized spacial score (nSPS) is 15.4. The number of nitrogens with one attached hydrogen (secondary N) is 1. The predicted molar refractivity (Wildman–Crippen MR) is 109 cm³/mol. The van der Waals surface area contributed by atoms with Gasteiger partial charge in [0.1, 0.15) is 6.04 Å². The van der Waals surface area contributed by atoms with Crippen LogP contribution in [0.4, 0.5) is 0 Å². The molecular formula is C21H33NO3S. The van der Waals surface area contributed by atoms with Crippen LogP contribution in [-0.2, 0) is 14.3 Å². The van der Waals surface area contributed by atoms with Crippen LogP contribution < -0.4 is 5.32 Å². The highest BCUT2D eigenvalue weighted by Crippen LogP contribution is 2.32. The number of ether oxygens (including phenoxy) is 1. The van der Waals surface area contributed by atoms with E-state index in [4.69, 9.17) is 4.74 Å². The quantitative estimate of drug-likeness (QED) is 0.669. The van der Waals surface area contributed by atoms with Crippen LogP contribution in [0, 0.1) is 11.8 Å². The summed E-state index contributed by atoms with van der Waals surface area (Å²) in [6.45, 7) is 14.1. The second-order valence-electron chi connectivity index (χ2n) is 7.83. The van der Waals surface area contributed by atoms with Crippen LogP contribution in [0.5, 0.6) is 0 Å². The average Bonchev–Trinajstić information content (AvgIpc) is 2.53. The van der Waals surface area contributed by atoms with E-state index in [1.165, 1.54) is 11.8 Å². The lowest BCUT2D eigenvalue weighted by Crippen LogP contribution is -2.49. The fourth-order valence-electron chi connectivity index (χ4n) is 2.82. The lowest BCUT2D eigenvalue weighted by atomic mass is 9.88. The van der Waals surface area contributed by atoms with Crippen LogP contribution >= 0.6 is 11.8 Å². The molecule has 1 rings (SSSR count). The van der Waals surface area contributed by atoms with E-state index in [-0.39, 0.29) is 27.8 Å². The largest absolute Gasteiger partial charge is 0.465 e. The molecule has 0 aliphatic rings. The highest BCUT2D eigenvalue weighted by atomic mass is 32.2. The summed E-state index contributed by atoms with van der Waals surface area (Å²) in [5.41, 5.74) is 1.07.